The highest BCUT2D eigenvalue weighted by molar-refractivity contribution is 6.19. The Morgan fingerprint density at radius 3 is 1.44 bits per heavy atom. The van der Waals surface area contributed by atoms with Crippen LogP contribution in [0.2, 0.25) is 0 Å². The fraction of sp³-hybridized carbons (Fsp3) is 0. The third-order valence-corrected chi connectivity index (χ3v) is 11.4. The predicted molar refractivity (Wildman–Crippen MR) is 248 cm³/mol. The van der Waals surface area contributed by atoms with Crippen molar-refractivity contribution in [2.75, 3.05) is 4.90 Å². The van der Waals surface area contributed by atoms with Crippen LogP contribution in [0.15, 0.2) is 224 Å². The maximum Gasteiger partial charge on any atom is 0.0979 e. The molecule has 0 saturated heterocycles. The molecule has 1 heterocycles. The number of nitrogens with zero attached hydrogens (tertiary/aromatic N) is 3. The zero-order chi connectivity index (χ0) is 39.1. The lowest BCUT2D eigenvalue weighted by molar-refractivity contribution is 1.29. The van der Waals surface area contributed by atoms with Crippen molar-refractivity contribution in [3.63, 3.8) is 0 Å². The second kappa shape index (κ2) is 14.6. The van der Waals surface area contributed by atoms with E-state index >= 15 is 0 Å². The Morgan fingerprint density at radius 1 is 0.288 bits per heavy atom. The molecule has 0 amide bonds. The average molecular weight is 752 g/mol. The predicted octanol–water partition coefficient (Wildman–Crippen LogP) is 15.2. The van der Waals surface area contributed by atoms with Crippen molar-refractivity contribution in [3.8, 4) is 44.8 Å². The average Bonchev–Trinajstić information content (AvgIpc) is 3.32. The Balaban J connectivity index is 1.01. The van der Waals surface area contributed by atoms with Gasteiger partial charge < -0.3 is 4.90 Å². The Hall–Kier alpha value is -7.88. The topological polar surface area (TPSA) is 29.0 Å². The van der Waals surface area contributed by atoms with E-state index in [2.05, 4.69) is 217 Å². The van der Waals surface area contributed by atoms with E-state index in [0.717, 1.165) is 66.9 Å². The second-order valence-electron chi connectivity index (χ2n) is 15.0. The van der Waals surface area contributed by atoms with Gasteiger partial charge in [-0.15, -0.1) is 0 Å². The summed E-state index contributed by atoms with van der Waals surface area (Å²) < 4.78 is 0. The van der Waals surface area contributed by atoms with Gasteiger partial charge in [-0.3, -0.25) is 0 Å². The van der Waals surface area contributed by atoms with Crippen molar-refractivity contribution in [1.29, 1.82) is 0 Å². The standard InChI is InChI=1S/C56H37N3/c1-5-13-38(14-6-1)39-27-31-49(32-28-39)59(48-19-11-4-12-20-48)50-33-29-45-35-44(25-26-46(45)36-50)47-24-22-40-21-23-41-30-34-52-56(53(41)51(40)37-47)58-55(43-17-9-3-10-18-43)54(57-52)42-15-7-2-8-16-42/h1-37H. The van der Waals surface area contributed by atoms with E-state index in [1.807, 2.05) is 12.1 Å². The van der Waals surface area contributed by atoms with Gasteiger partial charge in [-0.25, -0.2) is 9.97 Å². The fourth-order valence-electron chi connectivity index (χ4n) is 8.44. The summed E-state index contributed by atoms with van der Waals surface area (Å²) in [5.74, 6) is 0. The van der Waals surface area contributed by atoms with Crippen molar-refractivity contribution < 1.29 is 0 Å². The zero-order valence-electron chi connectivity index (χ0n) is 32.2. The van der Waals surface area contributed by atoms with Gasteiger partial charge in [-0.1, -0.05) is 170 Å². The molecule has 0 aliphatic carbocycles. The van der Waals surface area contributed by atoms with Gasteiger partial charge in [0.05, 0.1) is 22.4 Å². The molecule has 11 rings (SSSR count). The first-order valence-corrected chi connectivity index (χ1v) is 20.1. The van der Waals surface area contributed by atoms with E-state index in [4.69, 9.17) is 9.97 Å². The van der Waals surface area contributed by atoms with Crippen LogP contribution in [-0.4, -0.2) is 9.97 Å². The molecule has 0 aliphatic rings. The van der Waals surface area contributed by atoms with Crippen LogP contribution in [0.25, 0.3) is 88.1 Å². The summed E-state index contributed by atoms with van der Waals surface area (Å²) in [4.78, 5) is 13.1. The van der Waals surface area contributed by atoms with E-state index in [9.17, 15) is 0 Å². The Kier molecular flexibility index (Phi) is 8.49. The van der Waals surface area contributed by atoms with Gasteiger partial charge in [0.15, 0.2) is 0 Å². The minimum atomic E-state index is 0.882. The van der Waals surface area contributed by atoms with E-state index in [1.54, 1.807) is 0 Å². The number of hydrogen-bond acceptors (Lipinski definition) is 3. The number of anilines is 3. The van der Waals surface area contributed by atoms with Gasteiger partial charge in [-0.05, 0) is 104 Å². The van der Waals surface area contributed by atoms with Crippen molar-refractivity contribution in [2.24, 2.45) is 0 Å². The highest BCUT2D eigenvalue weighted by atomic mass is 15.1. The third kappa shape index (κ3) is 6.36. The van der Waals surface area contributed by atoms with E-state index < -0.39 is 0 Å². The Morgan fingerprint density at radius 2 is 0.746 bits per heavy atom. The molecule has 3 heteroatoms. The zero-order valence-corrected chi connectivity index (χ0v) is 32.2. The van der Waals surface area contributed by atoms with Crippen molar-refractivity contribution in [1.82, 2.24) is 9.97 Å². The Labute approximate surface area is 343 Å². The summed E-state index contributed by atoms with van der Waals surface area (Å²) in [7, 11) is 0. The molecule has 0 N–H and O–H groups in total. The van der Waals surface area contributed by atoms with Gasteiger partial charge in [0.1, 0.15) is 0 Å². The molecule has 10 aromatic carbocycles. The summed E-state index contributed by atoms with van der Waals surface area (Å²) in [6.45, 7) is 0. The molecule has 0 fully saturated rings. The maximum atomic E-state index is 5.46. The van der Waals surface area contributed by atoms with E-state index in [0.29, 0.717) is 0 Å². The van der Waals surface area contributed by atoms with Crippen LogP contribution in [0.5, 0.6) is 0 Å². The van der Waals surface area contributed by atoms with Gasteiger partial charge in [0.25, 0.3) is 0 Å². The molecular formula is C56H37N3. The van der Waals surface area contributed by atoms with Crippen LogP contribution >= 0.6 is 0 Å². The van der Waals surface area contributed by atoms with Crippen molar-refractivity contribution in [3.05, 3.63) is 224 Å². The van der Waals surface area contributed by atoms with Crippen molar-refractivity contribution in [2.45, 2.75) is 0 Å². The molecule has 11 aromatic rings. The summed E-state index contributed by atoms with van der Waals surface area (Å²) in [5, 5.41) is 6.98. The lowest BCUT2D eigenvalue weighted by Gasteiger charge is -2.26. The number of hydrogen-bond donors (Lipinski definition) is 0. The molecule has 0 unspecified atom stereocenters. The van der Waals surface area contributed by atoms with E-state index in [1.165, 1.54) is 38.2 Å². The monoisotopic (exact) mass is 751 g/mol. The quantitative estimate of drug-likeness (QED) is 0.152. The third-order valence-electron chi connectivity index (χ3n) is 11.4. The number of rotatable bonds is 7. The molecule has 0 aliphatic heterocycles. The number of aromatic nitrogens is 2. The molecule has 0 radical (unpaired) electrons. The first kappa shape index (κ1) is 34.4. The molecule has 0 saturated carbocycles. The van der Waals surface area contributed by atoms with Crippen LogP contribution in [0.3, 0.4) is 0 Å². The van der Waals surface area contributed by atoms with Gasteiger partial charge in [0.2, 0.25) is 0 Å². The van der Waals surface area contributed by atoms with Crippen LogP contribution in [0, 0.1) is 0 Å². The number of benzene rings is 10. The SMILES string of the molecule is c1ccc(-c2ccc(N(c3ccccc3)c3ccc4cc(-c5ccc6ccc7ccc8nc(-c9ccccc9)c(-c9ccccc9)nc8c7c6c5)ccc4c3)cc2)cc1. The lowest BCUT2D eigenvalue weighted by atomic mass is 9.95. The molecule has 59 heavy (non-hydrogen) atoms. The van der Waals surface area contributed by atoms with Gasteiger partial charge >= 0.3 is 0 Å². The van der Waals surface area contributed by atoms with Crippen LogP contribution < -0.4 is 4.90 Å². The highest BCUT2D eigenvalue weighted by Gasteiger charge is 2.17. The molecule has 1 aromatic heterocycles. The van der Waals surface area contributed by atoms with Crippen LogP contribution in [0.1, 0.15) is 0 Å². The first-order valence-electron chi connectivity index (χ1n) is 20.1. The maximum absolute atomic E-state index is 5.46. The normalized spacial score (nSPS) is 11.4. The summed E-state index contributed by atoms with van der Waals surface area (Å²) in [6.07, 6.45) is 0. The largest absolute Gasteiger partial charge is 0.310 e. The highest BCUT2D eigenvalue weighted by Crippen LogP contribution is 2.40. The summed E-state index contributed by atoms with van der Waals surface area (Å²) in [6, 6.07) is 79.9. The van der Waals surface area contributed by atoms with Gasteiger partial charge in [-0.2, -0.15) is 0 Å². The lowest BCUT2D eigenvalue weighted by Crippen LogP contribution is -2.09. The summed E-state index contributed by atoms with van der Waals surface area (Å²) >= 11 is 0. The molecule has 0 bridgehead atoms. The fourth-order valence-corrected chi connectivity index (χ4v) is 8.44. The first-order chi connectivity index (χ1) is 29.2. The molecule has 0 spiro atoms. The molecule has 0 atom stereocenters. The minimum absolute atomic E-state index is 0.882. The number of fused-ring (bicyclic) bond motifs is 6. The molecular weight excluding hydrogens is 715 g/mol. The minimum Gasteiger partial charge on any atom is -0.310 e. The van der Waals surface area contributed by atoms with Crippen molar-refractivity contribution >= 4 is 60.4 Å². The Bertz CT molecular complexity index is 3290. The summed E-state index contributed by atoms with van der Waals surface area (Å²) in [5.41, 5.74) is 13.7. The second-order valence-corrected chi connectivity index (χ2v) is 15.0. The van der Waals surface area contributed by atoms with Crippen LogP contribution in [0.4, 0.5) is 17.1 Å². The smallest absolute Gasteiger partial charge is 0.0979 e. The van der Waals surface area contributed by atoms with E-state index in [-0.39, 0.29) is 0 Å². The molecule has 3 nitrogen and oxygen atoms in total. The molecule has 276 valence electrons. The van der Waals surface area contributed by atoms with Gasteiger partial charge in [0, 0.05) is 33.6 Å². The van der Waals surface area contributed by atoms with Crippen LogP contribution in [-0.2, 0) is 0 Å². The number of para-hydroxylation sites is 1.